The predicted molar refractivity (Wildman–Crippen MR) is 108 cm³/mol. The Balaban J connectivity index is 0. The Bertz CT molecular complexity index is 491. The Kier molecular flexibility index (Phi) is 16.7. The van der Waals surface area contributed by atoms with Crippen LogP contribution in [0.3, 0.4) is 0 Å². The molecule has 0 radical (unpaired) electrons. The van der Waals surface area contributed by atoms with Gasteiger partial charge in [0.1, 0.15) is 5.78 Å². The Labute approximate surface area is 149 Å². The summed E-state index contributed by atoms with van der Waals surface area (Å²) in [7, 11) is 1.22. The van der Waals surface area contributed by atoms with Crippen molar-refractivity contribution in [3.05, 3.63) is 28.3 Å². The maximum Gasteiger partial charge on any atom is 0.129 e. The first-order valence-electron chi connectivity index (χ1n) is 8.06. The van der Waals surface area contributed by atoms with Gasteiger partial charge in [0, 0.05) is 12.0 Å². The third-order valence-electron chi connectivity index (χ3n) is 2.88. The highest BCUT2D eigenvalue weighted by molar-refractivity contribution is 7.37. The lowest BCUT2D eigenvalue weighted by Crippen LogP contribution is -1.92. The number of terminal acetylenes is 1. The summed E-state index contributed by atoms with van der Waals surface area (Å²) in [4.78, 5) is 9.81. The number of carbonyl (C=O) groups is 1. The van der Waals surface area contributed by atoms with E-state index in [1.54, 1.807) is 13.0 Å². The minimum Gasteiger partial charge on any atom is -0.397 e. The molecule has 23 heavy (non-hydrogen) atoms. The van der Waals surface area contributed by atoms with E-state index in [0.717, 1.165) is 5.56 Å². The molecule has 1 rings (SSSR count). The van der Waals surface area contributed by atoms with Gasteiger partial charge in [-0.05, 0) is 50.3 Å². The molecule has 130 valence electrons. The fraction of sp³-hybridized carbons (Fsp3) is 0.526. The molecular weight excluding hydrogens is 325 g/mol. The standard InChI is InChI=1S/C9H8ClN.C6H15P.C4H8O/c1-3-7-4-6(2)5-8(10)9(7)11;1-3-5-6-7-4-2;1-3-4(2)5/h1,4-5H,11H2,2H3;7H,3-6H2,1-2H3;3H2,1-2H3. The van der Waals surface area contributed by atoms with Gasteiger partial charge in [-0.15, -0.1) is 15.0 Å². The average Bonchev–Trinajstić information content (AvgIpc) is 2.52. The zero-order valence-corrected chi connectivity index (χ0v) is 16.9. The molecule has 0 bridgehead atoms. The molecule has 1 aromatic carbocycles. The van der Waals surface area contributed by atoms with Crippen molar-refractivity contribution < 1.29 is 4.79 Å². The Morgan fingerprint density at radius 3 is 2.30 bits per heavy atom. The smallest absolute Gasteiger partial charge is 0.129 e. The Morgan fingerprint density at radius 1 is 1.35 bits per heavy atom. The number of nitrogen functional groups attached to an aromatic ring is 1. The van der Waals surface area contributed by atoms with Gasteiger partial charge in [0.25, 0.3) is 0 Å². The first kappa shape index (κ1) is 24.2. The van der Waals surface area contributed by atoms with Crippen LogP contribution in [0.5, 0.6) is 0 Å². The summed E-state index contributed by atoms with van der Waals surface area (Å²) in [6.07, 6.45) is 11.5. The fourth-order valence-electron chi connectivity index (χ4n) is 1.35. The molecule has 0 aliphatic carbocycles. The maximum absolute atomic E-state index is 9.81. The molecule has 0 spiro atoms. The number of halogens is 1. The van der Waals surface area contributed by atoms with Gasteiger partial charge in [0.05, 0.1) is 10.7 Å². The molecule has 1 atom stereocenters. The molecule has 2 N–H and O–H groups in total. The molecule has 0 saturated carbocycles. The lowest BCUT2D eigenvalue weighted by molar-refractivity contribution is -0.116. The van der Waals surface area contributed by atoms with E-state index in [2.05, 4.69) is 19.8 Å². The summed E-state index contributed by atoms with van der Waals surface area (Å²) in [6, 6.07) is 3.62. The van der Waals surface area contributed by atoms with E-state index in [1.807, 2.05) is 19.9 Å². The topological polar surface area (TPSA) is 43.1 Å². The Morgan fingerprint density at radius 2 is 1.91 bits per heavy atom. The van der Waals surface area contributed by atoms with Crippen LogP contribution in [0.25, 0.3) is 0 Å². The van der Waals surface area contributed by atoms with E-state index in [-0.39, 0.29) is 5.78 Å². The average molecular weight is 356 g/mol. The van der Waals surface area contributed by atoms with Crippen molar-refractivity contribution in [3.63, 3.8) is 0 Å². The second-order valence-electron chi connectivity index (χ2n) is 5.11. The molecule has 2 nitrogen and oxygen atoms in total. The Hall–Kier alpha value is -1.03. The molecule has 4 heteroatoms. The molecule has 0 heterocycles. The molecule has 0 aromatic heterocycles. The van der Waals surface area contributed by atoms with Crippen LogP contribution in [-0.2, 0) is 4.79 Å². The third-order valence-corrected chi connectivity index (χ3v) is 4.40. The van der Waals surface area contributed by atoms with Gasteiger partial charge >= 0.3 is 0 Å². The summed E-state index contributed by atoms with van der Waals surface area (Å²) >= 11 is 5.78. The summed E-state index contributed by atoms with van der Waals surface area (Å²) in [5.74, 6) is 2.72. The number of hydrogen-bond donors (Lipinski definition) is 1. The van der Waals surface area contributed by atoms with E-state index in [0.29, 0.717) is 22.7 Å². The minimum atomic E-state index is 0.255. The van der Waals surface area contributed by atoms with Gasteiger partial charge in [-0.2, -0.15) is 0 Å². The molecule has 0 aliphatic rings. The van der Waals surface area contributed by atoms with Crippen molar-refractivity contribution in [2.75, 3.05) is 18.1 Å². The highest BCUT2D eigenvalue weighted by Crippen LogP contribution is 2.23. The van der Waals surface area contributed by atoms with Crippen molar-refractivity contribution >= 4 is 31.7 Å². The molecule has 0 saturated heterocycles. The van der Waals surface area contributed by atoms with Gasteiger partial charge < -0.3 is 10.5 Å². The lowest BCUT2D eigenvalue weighted by Gasteiger charge is -2.02. The fourth-order valence-corrected chi connectivity index (χ4v) is 2.58. The van der Waals surface area contributed by atoms with Gasteiger partial charge in [-0.3, -0.25) is 0 Å². The monoisotopic (exact) mass is 355 g/mol. The molecule has 0 amide bonds. The van der Waals surface area contributed by atoms with Crippen molar-refractivity contribution in [1.82, 2.24) is 0 Å². The van der Waals surface area contributed by atoms with Crippen LogP contribution in [0.1, 0.15) is 58.1 Å². The minimum absolute atomic E-state index is 0.255. The summed E-state index contributed by atoms with van der Waals surface area (Å²) < 4.78 is 0. The lowest BCUT2D eigenvalue weighted by atomic mass is 10.1. The first-order valence-corrected chi connectivity index (χ1v) is 9.85. The van der Waals surface area contributed by atoms with Crippen LogP contribution in [-0.4, -0.2) is 18.1 Å². The number of aryl methyl sites for hydroxylation is 1. The zero-order valence-electron chi connectivity index (χ0n) is 15.1. The van der Waals surface area contributed by atoms with E-state index in [4.69, 9.17) is 23.8 Å². The molecule has 0 aliphatic heterocycles. The van der Waals surface area contributed by atoms with Crippen LogP contribution in [0, 0.1) is 19.3 Å². The second-order valence-corrected chi connectivity index (χ2v) is 7.23. The third kappa shape index (κ3) is 14.3. The number of carbonyl (C=O) groups excluding carboxylic acids is 1. The summed E-state index contributed by atoms with van der Waals surface area (Å²) in [5.41, 5.74) is 7.76. The molecular formula is C19H31ClNOP. The summed E-state index contributed by atoms with van der Waals surface area (Å²) in [6.45, 7) is 9.86. The predicted octanol–water partition coefficient (Wildman–Crippen LogP) is 5.68. The first-order chi connectivity index (χ1) is 10.8. The number of hydrogen-bond acceptors (Lipinski definition) is 2. The molecule has 1 unspecified atom stereocenters. The number of rotatable bonds is 5. The van der Waals surface area contributed by atoms with Gasteiger partial charge in [0.2, 0.25) is 0 Å². The van der Waals surface area contributed by atoms with Crippen LogP contribution >= 0.6 is 20.2 Å². The number of nitrogens with two attached hydrogens (primary N) is 1. The normalized spacial score (nSPS) is 9.43. The molecule has 0 fully saturated rings. The maximum atomic E-state index is 9.81. The van der Waals surface area contributed by atoms with Crippen LogP contribution in [0.15, 0.2) is 12.1 Å². The van der Waals surface area contributed by atoms with Crippen LogP contribution < -0.4 is 5.73 Å². The zero-order chi connectivity index (χ0) is 18.3. The number of Topliss-reactive ketones (excluding diaryl/α,β-unsaturated/α-hetero) is 1. The van der Waals surface area contributed by atoms with Crippen molar-refractivity contribution in [1.29, 1.82) is 0 Å². The highest BCUT2D eigenvalue weighted by Gasteiger charge is 2.01. The van der Waals surface area contributed by atoms with Crippen molar-refractivity contribution in [2.45, 2.75) is 53.9 Å². The van der Waals surface area contributed by atoms with Gasteiger partial charge in [0.15, 0.2) is 0 Å². The van der Waals surface area contributed by atoms with Gasteiger partial charge in [-0.1, -0.05) is 44.7 Å². The number of ketones is 1. The van der Waals surface area contributed by atoms with E-state index in [1.165, 1.54) is 33.7 Å². The number of anilines is 1. The van der Waals surface area contributed by atoms with Crippen LogP contribution in [0.2, 0.25) is 5.02 Å². The van der Waals surface area contributed by atoms with Crippen molar-refractivity contribution in [3.8, 4) is 12.3 Å². The SMILES string of the molecule is C#Cc1cc(C)cc(Cl)c1N.CCC(C)=O.CCCCPCC. The quantitative estimate of drug-likeness (QED) is 0.319. The second kappa shape index (κ2) is 15.9. The highest BCUT2D eigenvalue weighted by atomic mass is 35.5. The van der Waals surface area contributed by atoms with E-state index >= 15 is 0 Å². The van der Waals surface area contributed by atoms with Crippen molar-refractivity contribution in [2.24, 2.45) is 0 Å². The van der Waals surface area contributed by atoms with E-state index in [9.17, 15) is 4.79 Å². The number of benzene rings is 1. The largest absolute Gasteiger partial charge is 0.397 e. The number of unbranched alkanes of at least 4 members (excludes halogenated alkanes) is 1. The summed E-state index contributed by atoms with van der Waals surface area (Å²) in [5, 5.41) is 0.526. The van der Waals surface area contributed by atoms with E-state index < -0.39 is 0 Å². The molecule has 1 aromatic rings. The van der Waals surface area contributed by atoms with Gasteiger partial charge in [-0.25, -0.2) is 0 Å². The van der Waals surface area contributed by atoms with Crippen LogP contribution in [0.4, 0.5) is 5.69 Å².